The highest BCUT2D eigenvalue weighted by Gasteiger charge is 2.01. The Kier molecular flexibility index (Phi) is 3.21. The Balaban J connectivity index is 2.24. The monoisotopic (exact) mass is 332 g/mol. The van der Waals surface area contributed by atoms with E-state index < -0.39 is 0 Å². The molecule has 5 heteroatoms. The van der Waals surface area contributed by atoms with Crippen LogP contribution in [0.2, 0.25) is 0 Å². The summed E-state index contributed by atoms with van der Waals surface area (Å²) in [6.45, 7) is 0.557. The maximum atomic E-state index is 13.1. The van der Waals surface area contributed by atoms with E-state index >= 15 is 0 Å². The minimum absolute atomic E-state index is 0.245. The standard InChI is InChI=1S/C10H7Br2FN2/c11-8-1-7(2-10(13)3-8)5-15-6-9(12)4-14-15/h1-4,6H,5H2. The second-order valence-corrected chi connectivity index (χ2v) is 4.97. The second-order valence-electron chi connectivity index (χ2n) is 3.13. The first kappa shape index (κ1) is 10.8. The van der Waals surface area contributed by atoms with Gasteiger partial charge in [-0.2, -0.15) is 5.10 Å². The van der Waals surface area contributed by atoms with Crippen molar-refractivity contribution < 1.29 is 4.39 Å². The Labute approximate surface area is 103 Å². The summed E-state index contributed by atoms with van der Waals surface area (Å²) >= 11 is 6.56. The molecule has 0 aliphatic heterocycles. The minimum Gasteiger partial charge on any atom is -0.267 e. The van der Waals surface area contributed by atoms with Gasteiger partial charge in [-0.1, -0.05) is 15.9 Å². The molecule has 0 bridgehead atoms. The Bertz CT molecular complexity index is 462. The van der Waals surface area contributed by atoms with Crippen LogP contribution in [-0.4, -0.2) is 9.78 Å². The third-order valence-electron chi connectivity index (χ3n) is 1.87. The zero-order valence-corrected chi connectivity index (χ0v) is 10.8. The van der Waals surface area contributed by atoms with Crippen LogP contribution >= 0.6 is 31.9 Å². The molecule has 0 N–H and O–H groups in total. The minimum atomic E-state index is -0.245. The van der Waals surface area contributed by atoms with Crippen molar-refractivity contribution in [3.63, 3.8) is 0 Å². The molecule has 78 valence electrons. The van der Waals surface area contributed by atoms with Gasteiger partial charge in [0, 0.05) is 10.7 Å². The molecular formula is C10H7Br2FN2. The van der Waals surface area contributed by atoms with Gasteiger partial charge >= 0.3 is 0 Å². The third-order valence-corrected chi connectivity index (χ3v) is 2.74. The van der Waals surface area contributed by atoms with Crippen molar-refractivity contribution in [1.82, 2.24) is 9.78 Å². The Morgan fingerprint density at radius 1 is 1.20 bits per heavy atom. The normalized spacial score (nSPS) is 10.6. The van der Waals surface area contributed by atoms with Gasteiger partial charge in [0.15, 0.2) is 0 Å². The molecule has 0 aliphatic carbocycles. The van der Waals surface area contributed by atoms with Crippen LogP contribution in [-0.2, 0) is 6.54 Å². The lowest BCUT2D eigenvalue weighted by Crippen LogP contribution is -2.00. The smallest absolute Gasteiger partial charge is 0.124 e. The maximum absolute atomic E-state index is 13.1. The number of rotatable bonds is 2. The fourth-order valence-corrected chi connectivity index (χ4v) is 2.15. The van der Waals surface area contributed by atoms with Crippen LogP contribution < -0.4 is 0 Å². The Hall–Kier alpha value is -0.680. The highest BCUT2D eigenvalue weighted by molar-refractivity contribution is 9.10. The van der Waals surface area contributed by atoms with Gasteiger partial charge in [0.1, 0.15) is 5.82 Å². The van der Waals surface area contributed by atoms with Crippen molar-refractivity contribution in [3.05, 3.63) is 50.9 Å². The van der Waals surface area contributed by atoms with Gasteiger partial charge in [0.05, 0.1) is 17.2 Å². The summed E-state index contributed by atoms with van der Waals surface area (Å²) in [5.41, 5.74) is 0.873. The molecule has 2 aromatic rings. The topological polar surface area (TPSA) is 17.8 Å². The van der Waals surface area contributed by atoms with E-state index in [2.05, 4.69) is 37.0 Å². The van der Waals surface area contributed by atoms with Gasteiger partial charge in [-0.05, 0) is 39.7 Å². The summed E-state index contributed by atoms with van der Waals surface area (Å²) in [7, 11) is 0. The predicted octanol–water partition coefficient (Wildman–Crippen LogP) is 3.60. The molecule has 0 saturated carbocycles. The fourth-order valence-electron chi connectivity index (χ4n) is 1.31. The lowest BCUT2D eigenvalue weighted by atomic mass is 10.2. The maximum Gasteiger partial charge on any atom is 0.124 e. The molecule has 0 radical (unpaired) electrons. The first-order valence-corrected chi connectivity index (χ1v) is 5.85. The summed E-state index contributed by atoms with van der Waals surface area (Å²) in [5, 5.41) is 4.10. The average molecular weight is 334 g/mol. The summed E-state index contributed by atoms with van der Waals surface area (Å²) in [5.74, 6) is -0.245. The molecule has 0 unspecified atom stereocenters. The van der Waals surface area contributed by atoms with Crippen LogP contribution in [0.3, 0.4) is 0 Å². The van der Waals surface area contributed by atoms with Crippen LogP contribution in [0, 0.1) is 5.82 Å². The number of hydrogen-bond acceptors (Lipinski definition) is 1. The summed E-state index contributed by atoms with van der Waals surface area (Å²) < 4.78 is 16.5. The van der Waals surface area contributed by atoms with E-state index in [1.807, 2.05) is 12.3 Å². The number of aromatic nitrogens is 2. The van der Waals surface area contributed by atoms with Crippen molar-refractivity contribution >= 4 is 31.9 Å². The highest BCUT2D eigenvalue weighted by atomic mass is 79.9. The van der Waals surface area contributed by atoms with Gasteiger partial charge in [0.25, 0.3) is 0 Å². The molecule has 2 nitrogen and oxygen atoms in total. The van der Waals surface area contributed by atoms with Crippen molar-refractivity contribution in [3.8, 4) is 0 Å². The van der Waals surface area contributed by atoms with Crippen molar-refractivity contribution in [2.24, 2.45) is 0 Å². The van der Waals surface area contributed by atoms with Crippen molar-refractivity contribution in [2.45, 2.75) is 6.54 Å². The number of hydrogen-bond donors (Lipinski definition) is 0. The SMILES string of the molecule is Fc1cc(Br)cc(Cn2cc(Br)cn2)c1. The molecule has 2 rings (SSSR count). The number of halogens is 3. The van der Waals surface area contributed by atoms with E-state index in [0.29, 0.717) is 6.54 Å². The molecule has 15 heavy (non-hydrogen) atoms. The number of benzene rings is 1. The van der Waals surface area contributed by atoms with Crippen LogP contribution in [0.5, 0.6) is 0 Å². The summed E-state index contributed by atoms with van der Waals surface area (Å²) in [6.07, 6.45) is 3.55. The molecule has 1 aromatic heterocycles. The molecule has 1 aromatic carbocycles. The summed E-state index contributed by atoms with van der Waals surface area (Å²) in [6, 6.07) is 4.81. The Morgan fingerprint density at radius 2 is 2.00 bits per heavy atom. The van der Waals surface area contributed by atoms with Crippen LogP contribution in [0.1, 0.15) is 5.56 Å². The van der Waals surface area contributed by atoms with Gasteiger partial charge in [-0.25, -0.2) is 4.39 Å². The average Bonchev–Trinajstić information content (AvgIpc) is 2.49. The lowest BCUT2D eigenvalue weighted by Gasteiger charge is -2.02. The quantitative estimate of drug-likeness (QED) is 0.821. The number of nitrogens with zero attached hydrogens (tertiary/aromatic N) is 2. The van der Waals surface area contributed by atoms with Gasteiger partial charge in [-0.15, -0.1) is 0 Å². The third kappa shape index (κ3) is 2.89. The second kappa shape index (κ2) is 4.45. The van der Waals surface area contributed by atoms with Crippen molar-refractivity contribution in [2.75, 3.05) is 0 Å². The van der Waals surface area contributed by atoms with E-state index in [-0.39, 0.29) is 5.82 Å². The molecule has 0 fully saturated rings. The van der Waals surface area contributed by atoms with E-state index in [9.17, 15) is 4.39 Å². The molecule has 0 atom stereocenters. The van der Waals surface area contributed by atoms with E-state index in [1.54, 1.807) is 10.9 Å². The molecule has 1 heterocycles. The van der Waals surface area contributed by atoms with E-state index in [1.165, 1.54) is 12.1 Å². The van der Waals surface area contributed by atoms with Crippen LogP contribution in [0.25, 0.3) is 0 Å². The lowest BCUT2D eigenvalue weighted by molar-refractivity contribution is 0.618. The molecule has 0 aliphatic rings. The van der Waals surface area contributed by atoms with Gasteiger partial charge in [0.2, 0.25) is 0 Å². The van der Waals surface area contributed by atoms with E-state index in [4.69, 9.17) is 0 Å². The first-order chi connectivity index (χ1) is 7.13. The van der Waals surface area contributed by atoms with E-state index in [0.717, 1.165) is 14.5 Å². The van der Waals surface area contributed by atoms with Gasteiger partial charge < -0.3 is 0 Å². The first-order valence-electron chi connectivity index (χ1n) is 4.26. The van der Waals surface area contributed by atoms with Crippen LogP contribution in [0.4, 0.5) is 4.39 Å². The zero-order valence-electron chi connectivity index (χ0n) is 7.62. The van der Waals surface area contributed by atoms with Crippen molar-refractivity contribution in [1.29, 1.82) is 0 Å². The molecule has 0 amide bonds. The van der Waals surface area contributed by atoms with Gasteiger partial charge in [-0.3, -0.25) is 4.68 Å². The zero-order chi connectivity index (χ0) is 10.8. The highest BCUT2D eigenvalue weighted by Crippen LogP contribution is 2.16. The predicted molar refractivity (Wildman–Crippen MR) is 63.1 cm³/mol. The molecular weight excluding hydrogens is 327 g/mol. The molecule has 0 saturated heterocycles. The molecule has 0 spiro atoms. The fraction of sp³-hybridized carbons (Fsp3) is 0.100. The summed E-state index contributed by atoms with van der Waals surface area (Å²) in [4.78, 5) is 0. The largest absolute Gasteiger partial charge is 0.267 e. The van der Waals surface area contributed by atoms with Crippen LogP contribution in [0.15, 0.2) is 39.5 Å². The Morgan fingerprint density at radius 3 is 2.60 bits per heavy atom.